The number of imidazole rings is 1. The summed E-state index contributed by atoms with van der Waals surface area (Å²) < 4.78 is 39.3. The van der Waals surface area contributed by atoms with Crippen LogP contribution in [0, 0.1) is 6.92 Å². The molecule has 0 aliphatic carbocycles. The van der Waals surface area contributed by atoms with Crippen LogP contribution >= 0.6 is 0 Å². The van der Waals surface area contributed by atoms with Crippen molar-refractivity contribution in [2.75, 3.05) is 5.32 Å². The number of alkyl halides is 3. The minimum Gasteiger partial charge on any atom is -0.321 e. The summed E-state index contributed by atoms with van der Waals surface area (Å²) in [5, 5.41) is 2.56. The van der Waals surface area contributed by atoms with Crippen molar-refractivity contribution in [2.24, 2.45) is 0 Å². The molecule has 118 valence electrons. The van der Waals surface area contributed by atoms with E-state index in [1.54, 1.807) is 29.7 Å². The molecule has 4 nitrogen and oxygen atoms in total. The summed E-state index contributed by atoms with van der Waals surface area (Å²) in [6, 6.07) is 9.63. The molecule has 7 heteroatoms. The number of anilines is 1. The van der Waals surface area contributed by atoms with Gasteiger partial charge >= 0.3 is 6.18 Å². The molecule has 1 N–H and O–H groups in total. The second-order valence-electron chi connectivity index (χ2n) is 4.99. The molecule has 2 aromatic heterocycles. The number of aromatic nitrogens is 2. The van der Waals surface area contributed by atoms with Gasteiger partial charge in [0, 0.05) is 11.9 Å². The van der Waals surface area contributed by atoms with E-state index in [9.17, 15) is 18.0 Å². The summed E-state index contributed by atoms with van der Waals surface area (Å²) in [7, 11) is 0. The van der Waals surface area contributed by atoms with Crippen LogP contribution in [0.15, 0.2) is 48.7 Å². The molecular formula is C16H12F3N3O. The molecule has 0 atom stereocenters. The lowest BCUT2D eigenvalue weighted by Gasteiger charge is -2.08. The fraction of sp³-hybridized carbons (Fsp3) is 0.125. The van der Waals surface area contributed by atoms with E-state index in [1.165, 1.54) is 12.1 Å². The number of carbonyl (C=O) groups is 1. The predicted octanol–water partition coefficient (Wildman–Crippen LogP) is 3.91. The van der Waals surface area contributed by atoms with E-state index < -0.39 is 17.6 Å². The van der Waals surface area contributed by atoms with E-state index in [0.717, 1.165) is 12.1 Å². The number of fused-ring (bicyclic) bond motifs is 1. The number of halogens is 3. The largest absolute Gasteiger partial charge is 0.416 e. The maximum atomic E-state index is 12.5. The number of aryl methyl sites for hydroxylation is 1. The third kappa shape index (κ3) is 2.90. The Balaban J connectivity index is 1.86. The fourth-order valence-corrected chi connectivity index (χ4v) is 2.29. The molecular weight excluding hydrogens is 307 g/mol. The first-order chi connectivity index (χ1) is 10.9. The Morgan fingerprint density at radius 3 is 2.48 bits per heavy atom. The number of pyridine rings is 1. The van der Waals surface area contributed by atoms with E-state index in [1.807, 2.05) is 6.07 Å². The standard InChI is InChI=1S/C16H12F3N3O/c1-10-20-14(13-4-2-3-9-22(10)13)15(23)21-12-7-5-11(6-8-12)16(17,18)19/h2-9H,1H3,(H,21,23). The summed E-state index contributed by atoms with van der Waals surface area (Å²) in [4.78, 5) is 16.5. The molecule has 0 radical (unpaired) electrons. The van der Waals surface area contributed by atoms with E-state index in [0.29, 0.717) is 11.3 Å². The van der Waals surface area contributed by atoms with Crippen molar-refractivity contribution in [3.05, 3.63) is 65.7 Å². The molecule has 0 fully saturated rings. The van der Waals surface area contributed by atoms with Gasteiger partial charge in [0.1, 0.15) is 5.82 Å². The first-order valence-electron chi connectivity index (χ1n) is 6.78. The highest BCUT2D eigenvalue weighted by atomic mass is 19.4. The highest BCUT2D eigenvalue weighted by Gasteiger charge is 2.30. The summed E-state index contributed by atoms with van der Waals surface area (Å²) in [6.07, 6.45) is -2.62. The maximum absolute atomic E-state index is 12.5. The molecule has 1 amide bonds. The molecule has 0 bridgehead atoms. The number of hydrogen-bond donors (Lipinski definition) is 1. The average Bonchev–Trinajstić information content (AvgIpc) is 2.85. The van der Waals surface area contributed by atoms with E-state index in [2.05, 4.69) is 10.3 Å². The van der Waals surface area contributed by atoms with Crippen LogP contribution in [0.25, 0.3) is 5.52 Å². The lowest BCUT2D eigenvalue weighted by molar-refractivity contribution is -0.137. The molecule has 2 heterocycles. The highest BCUT2D eigenvalue weighted by Crippen LogP contribution is 2.29. The van der Waals surface area contributed by atoms with Crippen LogP contribution in [-0.4, -0.2) is 15.3 Å². The SMILES string of the molecule is Cc1nc(C(=O)Nc2ccc(C(F)(F)F)cc2)c2ccccn12. The summed E-state index contributed by atoms with van der Waals surface area (Å²) >= 11 is 0. The van der Waals surface area contributed by atoms with E-state index >= 15 is 0 Å². The van der Waals surface area contributed by atoms with Gasteiger partial charge < -0.3 is 9.72 Å². The topological polar surface area (TPSA) is 46.4 Å². The van der Waals surface area contributed by atoms with Crippen molar-refractivity contribution < 1.29 is 18.0 Å². The molecule has 3 rings (SSSR count). The summed E-state index contributed by atoms with van der Waals surface area (Å²) in [5.74, 6) is 0.180. The Kier molecular flexibility index (Phi) is 3.55. The Hall–Kier alpha value is -2.83. The zero-order valence-electron chi connectivity index (χ0n) is 12.1. The third-order valence-electron chi connectivity index (χ3n) is 3.41. The maximum Gasteiger partial charge on any atom is 0.416 e. The van der Waals surface area contributed by atoms with Crippen molar-refractivity contribution in [1.29, 1.82) is 0 Å². The summed E-state index contributed by atoms with van der Waals surface area (Å²) in [6.45, 7) is 1.77. The van der Waals surface area contributed by atoms with Gasteiger partial charge in [-0.3, -0.25) is 4.79 Å². The smallest absolute Gasteiger partial charge is 0.321 e. The van der Waals surface area contributed by atoms with Gasteiger partial charge in [-0.1, -0.05) is 6.07 Å². The van der Waals surface area contributed by atoms with Crippen molar-refractivity contribution in [3.8, 4) is 0 Å². The zero-order valence-corrected chi connectivity index (χ0v) is 12.1. The molecule has 0 unspecified atom stereocenters. The Morgan fingerprint density at radius 1 is 1.13 bits per heavy atom. The molecule has 1 aromatic carbocycles. The van der Waals surface area contributed by atoms with Crippen LogP contribution in [0.1, 0.15) is 21.9 Å². The van der Waals surface area contributed by atoms with Crippen molar-refractivity contribution in [3.63, 3.8) is 0 Å². The Morgan fingerprint density at radius 2 is 1.83 bits per heavy atom. The minimum atomic E-state index is -4.40. The highest BCUT2D eigenvalue weighted by molar-refractivity contribution is 6.07. The quantitative estimate of drug-likeness (QED) is 0.778. The van der Waals surface area contributed by atoms with Crippen LogP contribution in [0.3, 0.4) is 0 Å². The van der Waals surface area contributed by atoms with Gasteiger partial charge in [-0.2, -0.15) is 13.2 Å². The number of nitrogens with one attached hydrogen (secondary N) is 1. The normalized spacial score (nSPS) is 11.7. The van der Waals surface area contributed by atoms with Gasteiger partial charge in [-0.15, -0.1) is 0 Å². The van der Waals surface area contributed by atoms with Crippen LogP contribution in [0.4, 0.5) is 18.9 Å². The zero-order chi connectivity index (χ0) is 16.6. The lowest BCUT2D eigenvalue weighted by atomic mass is 10.2. The van der Waals surface area contributed by atoms with Gasteiger partial charge in [-0.05, 0) is 43.3 Å². The first-order valence-corrected chi connectivity index (χ1v) is 6.78. The molecule has 0 aliphatic rings. The third-order valence-corrected chi connectivity index (χ3v) is 3.41. The molecule has 23 heavy (non-hydrogen) atoms. The van der Waals surface area contributed by atoms with Crippen LogP contribution < -0.4 is 5.32 Å². The number of nitrogens with zero attached hydrogens (tertiary/aromatic N) is 2. The van der Waals surface area contributed by atoms with Gasteiger partial charge in [0.2, 0.25) is 0 Å². The van der Waals surface area contributed by atoms with Crippen LogP contribution in [0.2, 0.25) is 0 Å². The Labute approximate surface area is 129 Å². The van der Waals surface area contributed by atoms with Gasteiger partial charge in [0.15, 0.2) is 5.69 Å². The molecule has 0 saturated carbocycles. The molecule has 3 aromatic rings. The molecule has 0 aliphatic heterocycles. The van der Waals surface area contributed by atoms with Crippen molar-refractivity contribution >= 4 is 17.1 Å². The van der Waals surface area contributed by atoms with Crippen LogP contribution in [-0.2, 0) is 6.18 Å². The number of benzene rings is 1. The van der Waals surface area contributed by atoms with E-state index in [4.69, 9.17) is 0 Å². The average molecular weight is 319 g/mol. The monoisotopic (exact) mass is 319 g/mol. The molecule has 0 saturated heterocycles. The van der Waals surface area contributed by atoms with Crippen molar-refractivity contribution in [2.45, 2.75) is 13.1 Å². The lowest BCUT2D eigenvalue weighted by Crippen LogP contribution is -2.13. The Bertz CT molecular complexity index is 866. The first kappa shape index (κ1) is 15.1. The number of hydrogen-bond acceptors (Lipinski definition) is 2. The fourth-order valence-electron chi connectivity index (χ4n) is 2.29. The van der Waals surface area contributed by atoms with Crippen molar-refractivity contribution in [1.82, 2.24) is 9.38 Å². The molecule has 0 spiro atoms. The van der Waals surface area contributed by atoms with Gasteiger partial charge in [0.25, 0.3) is 5.91 Å². The predicted molar refractivity (Wildman–Crippen MR) is 79.3 cm³/mol. The summed E-state index contributed by atoms with van der Waals surface area (Å²) in [5.41, 5.74) is 0.369. The second kappa shape index (κ2) is 5.42. The van der Waals surface area contributed by atoms with E-state index in [-0.39, 0.29) is 11.4 Å². The second-order valence-corrected chi connectivity index (χ2v) is 4.99. The van der Waals surface area contributed by atoms with Gasteiger partial charge in [-0.25, -0.2) is 4.98 Å². The number of carbonyl (C=O) groups excluding carboxylic acids is 1. The number of rotatable bonds is 2. The van der Waals surface area contributed by atoms with Crippen LogP contribution in [0.5, 0.6) is 0 Å². The minimum absolute atomic E-state index is 0.225. The number of amides is 1. The van der Waals surface area contributed by atoms with Gasteiger partial charge in [0.05, 0.1) is 11.1 Å².